The van der Waals surface area contributed by atoms with E-state index in [0.29, 0.717) is 33.5 Å². The van der Waals surface area contributed by atoms with Gasteiger partial charge in [-0.1, -0.05) is 36.0 Å². The van der Waals surface area contributed by atoms with Crippen LogP contribution in [0.4, 0.5) is 8.78 Å². The molecule has 0 fully saturated rings. The van der Waals surface area contributed by atoms with Crippen LogP contribution in [0, 0.1) is 6.92 Å². The van der Waals surface area contributed by atoms with Gasteiger partial charge in [-0.05, 0) is 38.1 Å². The Kier molecular flexibility index (Phi) is 4.20. The minimum Gasteiger partial charge on any atom is -0.269 e. The summed E-state index contributed by atoms with van der Waals surface area (Å²) in [5.41, 5.74) is 2.44. The lowest BCUT2D eigenvalue weighted by molar-refractivity contribution is 0.0715. The lowest BCUT2D eigenvalue weighted by Gasteiger charge is -2.14. The number of aryl methyl sites for hydroxylation is 1. The van der Waals surface area contributed by atoms with Crippen LogP contribution in [-0.4, -0.2) is 29.1 Å². The van der Waals surface area contributed by atoms with Crippen molar-refractivity contribution in [1.29, 1.82) is 0 Å². The number of hydrogen-bond donors (Lipinski definition) is 0. The minimum atomic E-state index is -2.68. The number of benzene rings is 2. The van der Waals surface area contributed by atoms with Crippen molar-refractivity contribution in [3.63, 3.8) is 0 Å². The molecule has 146 valence electrons. The van der Waals surface area contributed by atoms with Gasteiger partial charge < -0.3 is 0 Å². The summed E-state index contributed by atoms with van der Waals surface area (Å²) < 4.78 is 30.3. The molecule has 0 N–H and O–H groups in total. The summed E-state index contributed by atoms with van der Waals surface area (Å²) in [6, 6.07) is 14.6. The average Bonchev–Trinajstić information content (AvgIpc) is 3.29. The first-order chi connectivity index (χ1) is 14.0. The van der Waals surface area contributed by atoms with E-state index in [9.17, 15) is 8.78 Å². The molecule has 0 bridgehead atoms. The molecule has 9 heteroatoms. The summed E-state index contributed by atoms with van der Waals surface area (Å²) in [5, 5.41) is 5.56. The maximum absolute atomic E-state index is 13.8. The molecule has 0 aliphatic carbocycles. The Morgan fingerprint density at radius 1 is 0.931 bits per heavy atom. The fraction of sp³-hybridized carbons (Fsp3) is 0.200. The Morgan fingerprint density at radius 3 is 2.45 bits per heavy atom. The highest BCUT2D eigenvalue weighted by atomic mass is 32.2. The smallest absolute Gasteiger partial charge is 0.269 e. The molecule has 5 aromatic rings. The normalized spacial score (nSPS) is 13.1. The van der Waals surface area contributed by atoms with Gasteiger partial charge in [-0.3, -0.25) is 4.57 Å². The maximum atomic E-state index is 13.8. The van der Waals surface area contributed by atoms with Crippen molar-refractivity contribution in [2.45, 2.75) is 30.8 Å². The van der Waals surface area contributed by atoms with Gasteiger partial charge in [0, 0.05) is 5.39 Å². The quantitative estimate of drug-likeness (QED) is 0.302. The van der Waals surface area contributed by atoms with Crippen LogP contribution in [0.15, 0.2) is 53.7 Å². The first-order valence-electron chi connectivity index (χ1n) is 9.06. The van der Waals surface area contributed by atoms with Crippen molar-refractivity contribution >= 4 is 39.3 Å². The van der Waals surface area contributed by atoms with E-state index in [1.165, 1.54) is 11.8 Å². The van der Waals surface area contributed by atoms with Gasteiger partial charge in [-0.15, -0.1) is 5.10 Å². The first-order valence-corrected chi connectivity index (χ1v) is 9.94. The van der Waals surface area contributed by atoms with E-state index in [-0.39, 0.29) is 5.25 Å². The van der Waals surface area contributed by atoms with E-state index in [4.69, 9.17) is 4.98 Å². The van der Waals surface area contributed by atoms with E-state index in [0.717, 1.165) is 15.5 Å². The van der Waals surface area contributed by atoms with Gasteiger partial charge in [0.25, 0.3) is 0 Å². The molecule has 0 amide bonds. The first kappa shape index (κ1) is 18.0. The van der Waals surface area contributed by atoms with Crippen molar-refractivity contribution < 1.29 is 8.78 Å². The highest BCUT2D eigenvalue weighted by Gasteiger charge is 2.24. The predicted octanol–water partition coefficient (Wildman–Crippen LogP) is 5.18. The molecule has 0 aliphatic rings. The van der Waals surface area contributed by atoms with Crippen LogP contribution in [0.3, 0.4) is 0 Å². The molecule has 1 atom stereocenters. The number of aromatic nitrogens is 6. The fourth-order valence-electron chi connectivity index (χ4n) is 3.48. The van der Waals surface area contributed by atoms with Crippen molar-refractivity contribution in [3.8, 4) is 0 Å². The number of hydrogen-bond acceptors (Lipinski definition) is 5. The molecule has 0 aliphatic heterocycles. The molecule has 0 radical (unpaired) electrons. The van der Waals surface area contributed by atoms with Gasteiger partial charge in [0.05, 0.1) is 21.8 Å². The van der Waals surface area contributed by atoms with Crippen molar-refractivity contribution in [2.75, 3.05) is 0 Å². The number of alkyl halides is 2. The van der Waals surface area contributed by atoms with Crippen LogP contribution in [0.25, 0.3) is 27.6 Å². The summed E-state index contributed by atoms with van der Waals surface area (Å²) in [5.74, 6) is 0.920. The number of nitrogens with zero attached hydrogens (tertiary/aromatic N) is 6. The molecule has 1 unspecified atom stereocenters. The summed E-state index contributed by atoms with van der Waals surface area (Å²) in [4.78, 5) is 13.7. The molecule has 0 spiro atoms. The average molecular weight is 410 g/mol. The number of imidazole rings is 1. The number of halogens is 2. The Morgan fingerprint density at radius 2 is 1.66 bits per heavy atom. The molecule has 3 aromatic heterocycles. The Labute approximate surface area is 168 Å². The van der Waals surface area contributed by atoms with E-state index in [1.807, 2.05) is 38.1 Å². The second kappa shape index (κ2) is 6.77. The van der Waals surface area contributed by atoms with E-state index < -0.39 is 6.55 Å². The van der Waals surface area contributed by atoms with Crippen LogP contribution in [0.5, 0.6) is 0 Å². The molecule has 0 saturated heterocycles. The van der Waals surface area contributed by atoms with Crippen molar-refractivity contribution in [3.05, 3.63) is 60.2 Å². The summed E-state index contributed by atoms with van der Waals surface area (Å²) in [6.07, 6.45) is 0. The second-order valence-corrected chi connectivity index (χ2v) is 7.98. The molecule has 0 saturated carbocycles. The van der Waals surface area contributed by atoms with Gasteiger partial charge >= 0.3 is 6.55 Å². The van der Waals surface area contributed by atoms with Crippen LogP contribution in [0.1, 0.15) is 30.4 Å². The third-order valence-electron chi connectivity index (χ3n) is 4.72. The van der Waals surface area contributed by atoms with Gasteiger partial charge in [0.15, 0.2) is 10.8 Å². The Bertz CT molecular complexity index is 1360. The summed E-state index contributed by atoms with van der Waals surface area (Å²) >= 11 is 1.33. The lowest BCUT2D eigenvalue weighted by Crippen LogP contribution is -2.07. The lowest BCUT2D eigenvalue weighted by atomic mass is 10.2. The number of rotatable bonds is 4. The second-order valence-electron chi connectivity index (χ2n) is 6.67. The van der Waals surface area contributed by atoms with Crippen LogP contribution in [0.2, 0.25) is 0 Å². The monoisotopic (exact) mass is 410 g/mol. The van der Waals surface area contributed by atoms with Crippen molar-refractivity contribution in [1.82, 2.24) is 29.1 Å². The zero-order valence-electron chi connectivity index (χ0n) is 15.6. The maximum Gasteiger partial charge on any atom is 0.320 e. The fourth-order valence-corrected chi connectivity index (χ4v) is 4.44. The topological polar surface area (TPSA) is 60.9 Å². The van der Waals surface area contributed by atoms with Gasteiger partial charge in [0.2, 0.25) is 0 Å². The molecule has 3 heterocycles. The molecule has 5 rings (SSSR count). The predicted molar refractivity (Wildman–Crippen MR) is 108 cm³/mol. The third-order valence-corrected chi connectivity index (χ3v) is 5.76. The third kappa shape index (κ3) is 2.93. The molecule has 29 heavy (non-hydrogen) atoms. The van der Waals surface area contributed by atoms with Crippen LogP contribution in [-0.2, 0) is 0 Å². The molecular formula is C20H16F2N6S. The molecular weight excluding hydrogens is 394 g/mol. The van der Waals surface area contributed by atoms with Crippen LogP contribution < -0.4 is 0 Å². The zero-order chi connectivity index (χ0) is 20.1. The van der Waals surface area contributed by atoms with Gasteiger partial charge in [-0.2, -0.15) is 13.3 Å². The molecule has 6 nitrogen and oxygen atoms in total. The SMILES string of the molecule is Cc1nc2c3ccccc3nc(SC(C)c3nc4ccccc4n3C(F)F)n2n1. The Hall–Kier alpha value is -3.07. The Balaban J connectivity index is 1.64. The number of fused-ring (bicyclic) bond motifs is 4. The van der Waals surface area contributed by atoms with E-state index in [2.05, 4.69) is 15.1 Å². The summed E-state index contributed by atoms with van der Waals surface area (Å²) in [6.45, 7) is 0.978. The highest BCUT2D eigenvalue weighted by molar-refractivity contribution is 7.99. The number of para-hydroxylation sites is 3. The van der Waals surface area contributed by atoms with Crippen molar-refractivity contribution in [2.24, 2.45) is 0 Å². The standard InChI is InChI=1S/C20H16F2N6S/c1-11(17-24-15-9-5-6-10-16(15)27(17)19(21)22)29-20-25-14-8-4-3-7-13(14)18-23-12(2)26-28(18)20/h3-11,19H,1-2H3. The highest BCUT2D eigenvalue weighted by Crippen LogP contribution is 2.37. The van der Waals surface area contributed by atoms with Gasteiger partial charge in [-0.25, -0.2) is 15.0 Å². The molecule has 2 aromatic carbocycles. The zero-order valence-corrected chi connectivity index (χ0v) is 16.4. The number of thioether (sulfide) groups is 1. The largest absolute Gasteiger partial charge is 0.320 e. The van der Waals surface area contributed by atoms with Crippen LogP contribution >= 0.6 is 11.8 Å². The minimum absolute atomic E-state index is 0.297. The summed E-state index contributed by atoms with van der Waals surface area (Å²) in [7, 11) is 0. The van der Waals surface area contributed by atoms with E-state index in [1.54, 1.807) is 28.8 Å². The van der Waals surface area contributed by atoms with Gasteiger partial charge in [0.1, 0.15) is 11.6 Å². The van der Waals surface area contributed by atoms with E-state index >= 15 is 0 Å².